The Morgan fingerprint density at radius 2 is 2.00 bits per heavy atom. The Morgan fingerprint density at radius 1 is 1.21 bits per heavy atom. The third-order valence-electron chi connectivity index (χ3n) is 6.04. The normalized spacial score (nSPS) is 18.6. The molecule has 0 aliphatic heterocycles. The molecule has 0 bridgehead atoms. The van der Waals surface area contributed by atoms with Crippen molar-refractivity contribution in [2.24, 2.45) is 5.92 Å². The van der Waals surface area contributed by atoms with E-state index in [-0.39, 0.29) is 12.2 Å². The summed E-state index contributed by atoms with van der Waals surface area (Å²) >= 11 is 0. The SMILES string of the molecule is CCC[C@H](O)c1cc(C)c(-c2cc3cnc(NC(=O)[C@H]4C[C@H]4F)cc3n3c(F)cnc23)cn1. The number of amides is 1. The number of carbonyl (C=O) groups is 1. The molecule has 1 saturated carbocycles. The van der Waals surface area contributed by atoms with Gasteiger partial charge < -0.3 is 10.4 Å². The van der Waals surface area contributed by atoms with E-state index in [1.165, 1.54) is 10.6 Å². The molecule has 1 aliphatic carbocycles. The maximum absolute atomic E-state index is 14.8. The molecule has 5 rings (SSSR count). The summed E-state index contributed by atoms with van der Waals surface area (Å²) in [6.07, 6.45) is 4.27. The number of aryl methyl sites for hydroxylation is 1. The van der Waals surface area contributed by atoms with Crippen molar-refractivity contribution in [3.63, 3.8) is 0 Å². The van der Waals surface area contributed by atoms with E-state index in [1.54, 1.807) is 12.3 Å². The van der Waals surface area contributed by atoms with Crippen LogP contribution in [0.4, 0.5) is 14.6 Å². The maximum Gasteiger partial charge on any atom is 0.231 e. The number of nitrogens with zero attached hydrogens (tertiary/aromatic N) is 4. The van der Waals surface area contributed by atoms with Crippen LogP contribution in [-0.4, -0.2) is 36.5 Å². The molecule has 1 aliphatic rings. The molecular weight excluding hydrogens is 428 g/mol. The van der Waals surface area contributed by atoms with Crippen LogP contribution in [0.1, 0.15) is 43.5 Å². The lowest BCUT2D eigenvalue weighted by Crippen LogP contribution is -2.16. The van der Waals surface area contributed by atoms with Crippen molar-refractivity contribution >= 4 is 28.3 Å². The molecule has 9 heteroatoms. The lowest BCUT2D eigenvalue weighted by molar-refractivity contribution is -0.117. The van der Waals surface area contributed by atoms with Gasteiger partial charge in [-0.15, -0.1) is 0 Å². The Morgan fingerprint density at radius 3 is 2.70 bits per heavy atom. The third kappa shape index (κ3) is 3.82. The van der Waals surface area contributed by atoms with Crippen LogP contribution in [0, 0.1) is 18.8 Å². The number of hydrogen-bond acceptors (Lipinski definition) is 5. The predicted octanol–water partition coefficient (Wildman–Crippen LogP) is 4.52. The molecule has 7 nitrogen and oxygen atoms in total. The summed E-state index contributed by atoms with van der Waals surface area (Å²) in [5.74, 6) is -1.42. The summed E-state index contributed by atoms with van der Waals surface area (Å²) in [5, 5.41) is 13.5. The van der Waals surface area contributed by atoms with Gasteiger partial charge in [-0.05, 0) is 37.5 Å². The molecule has 4 aromatic heterocycles. The minimum Gasteiger partial charge on any atom is -0.387 e. The van der Waals surface area contributed by atoms with Crippen molar-refractivity contribution in [1.29, 1.82) is 0 Å². The number of halogens is 2. The van der Waals surface area contributed by atoms with E-state index in [1.807, 2.05) is 26.0 Å². The van der Waals surface area contributed by atoms with Gasteiger partial charge in [-0.2, -0.15) is 4.39 Å². The minimum absolute atomic E-state index is 0.213. The minimum atomic E-state index is -1.11. The number of aliphatic hydroxyl groups excluding tert-OH is 1. The molecule has 4 aromatic rings. The van der Waals surface area contributed by atoms with E-state index in [2.05, 4.69) is 20.3 Å². The van der Waals surface area contributed by atoms with Crippen LogP contribution in [0.2, 0.25) is 0 Å². The fraction of sp³-hybridized carbons (Fsp3) is 0.333. The zero-order valence-corrected chi connectivity index (χ0v) is 18.2. The Balaban J connectivity index is 1.59. The topological polar surface area (TPSA) is 92.4 Å². The van der Waals surface area contributed by atoms with E-state index >= 15 is 0 Å². The molecule has 2 N–H and O–H groups in total. The van der Waals surface area contributed by atoms with Gasteiger partial charge in [0.25, 0.3) is 0 Å². The second kappa shape index (κ2) is 8.15. The van der Waals surface area contributed by atoms with Gasteiger partial charge in [0.05, 0.1) is 29.4 Å². The second-order valence-corrected chi connectivity index (χ2v) is 8.50. The molecular formula is C24H23F2N5O2. The number of nitrogens with one attached hydrogen (secondary N) is 1. The summed E-state index contributed by atoms with van der Waals surface area (Å²) < 4.78 is 29.3. The summed E-state index contributed by atoms with van der Waals surface area (Å²) in [7, 11) is 0. The molecule has 3 atom stereocenters. The Kier molecular flexibility index (Phi) is 5.28. The number of aliphatic hydroxyl groups is 1. The summed E-state index contributed by atoms with van der Waals surface area (Å²) in [4.78, 5) is 25.0. The monoisotopic (exact) mass is 451 g/mol. The number of alkyl halides is 1. The number of fused-ring (bicyclic) bond motifs is 3. The van der Waals surface area contributed by atoms with Gasteiger partial charge >= 0.3 is 0 Å². The predicted molar refractivity (Wildman–Crippen MR) is 120 cm³/mol. The van der Waals surface area contributed by atoms with Crippen molar-refractivity contribution in [2.45, 2.75) is 45.4 Å². The highest BCUT2D eigenvalue weighted by Crippen LogP contribution is 2.35. The van der Waals surface area contributed by atoms with Crippen molar-refractivity contribution < 1.29 is 18.7 Å². The quantitative estimate of drug-likeness (QED) is 0.450. The van der Waals surface area contributed by atoms with Crippen molar-refractivity contribution in [3.8, 4) is 11.1 Å². The Bertz CT molecular complexity index is 1390. The standard InChI is InChI=1S/C24H23F2N5O2/c1-3-4-20(32)18-5-12(2)16(10-27-18)14-6-13-9-28-22(30-24(33)15-7-17(15)25)8-19(13)31-21(26)11-29-23(14)31/h5-6,8-11,15,17,20,32H,3-4,7H2,1-2H3,(H,28,30,33)/t15-,17+,20-/m0/s1. The zero-order chi connectivity index (χ0) is 23.3. The first-order valence-electron chi connectivity index (χ1n) is 10.9. The second-order valence-electron chi connectivity index (χ2n) is 8.50. The third-order valence-corrected chi connectivity index (χ3v) is 6.04. The van der Waals surface area contributed by atoms with E-state index < -0.39 is 30.0 Å². The van der Waals surface area contributed by atoms with Gasteiger partial charge in [0.2, 0.25) is 11.9 Å². The van der Waals surface area contributed by atoms with Crippen molar-refractivity contribution in [1.82, 2.24) is 19.4 Å². The lowest BCUT2D eigenvalue weighted by atomic mass is 10.00. The van der Waals surface area contributed by atoms with Crippen LogP contribution in [0.5, 0.6) is 0 Å². The largest absolute Gasteiger partial charge is 0.387 e. The lowest BCUT2D eigenvalue weighted by Gasteiger charge is -2.14. The molecule has 0 aromatic carbocycles. The number of rotatable bonds is 6. The van der Waals surface area contributed by atoms with Crippen molar-refractivity contribution in [3.05, 3.63) is 54.0 Å². The van der Waals surface area contributed by atoms with Crippen LogP contribution >= 0.6 is 0 Å². The molecule has 1 amide bonds. The Hall–Kier alpha value is -3.46. The van der Waals surface area contributed by atoms with E-state index in [0.717, 1.165) is 23.7 Å². The first kappa shape index (κ1) is 21.4. The Labute approximate surface area is 188 Å². The van der Waals surface area contributed by atoms with Gasteiger partial charge in [-0.3, -0.25) is 14.2 Å². The first-order valence-corrected chi connectivity index (χ1v) is 10.9. The molecule has 0 saturated heterocycles. The molecule has 0 unspecified atom stereocenters. The number of pyridine rings is 3. The molecule has 4 heterocycles. The fourth-order valence-corrected chi connectivity index (χ4v) is 4.11. The molecule has 170 valence electrons. The average molecular weight is 451 g/mol. The summed E-state index contributed by atoms with van der Waals surface area (Å²) in [6, 6.07) is 5.24. The maximum atomic E-state index is 14.8. The fourth-order valence-electron chi connectivity index (χ4n) is 4.11. The highest BCUT2D eigenvalue weighted by atomic mass is 19.1. The number of aromatic nitrogens is 4. The van der Waals surface area contributed by atoms with Crippen LogP contribution in [-0.2, 0) is 4.79 Å². The smallest absolute Gasteiger partial charge is 0.231 e. The van der Waals surface area contributed by atoms with Crippen molar-refractivity contribution in [2.75, 3.05) is 5.32 Å². The van der Waals surface area contributed by atoms with Gasteiger partial charge in [0.1, 0.15) is 17.6 Å². The zero-order valence-electron chi connectivity index (χ0n) is 18.2. The van der Waals surface area contributed by atoms with Gasteiger partial charge in [-0.25, -0.2) is 14.4 Å². The van der Waals surface area contributed by atoms with Gasteiger partial charge in [-0.1, -0.05) is 13.3 Å². The van der Waals surface area contributed by atoms with E-state index in [0.29, 0.717) is 34.2 Å². The first-order chi connectivity index (χ1) is 15.9. The highest BCUT2D eigenvalue weighted by molar-refractivity contribution is 5.97. The average Bonchev–Trinajstić information content (AvgIpc) is 3.41. The van der Waals surface area contributed by atoms with Gasteiger partial charge in [0.15, 0.2) is 0 Å². The van der Waals surface area contributed by atoms with Crippen LogP contribution in [0.25, 0.3) is 27.7 Å². The number of carbonyl (C=O) groups excluding carboxylic acids is 1. The van der Waals surface area contributed by atoms with Crippen LogP contribution in [0.3, 0.4) is 0 Å². The number of anilines is 1. The van der Waals surface area contributed by atoms with E-state index in [9.17, 15) is 18.7 Å². The van der Waals surface area contributed by atoms with Gasteiger partial charge in [0, 0.05) is 35.0 Å². The molecule has 0 radical (unpaired) electrons. The molecule has 33 heavy (non-hydrogen) atoms. The summed E-state index contributed by atoms with van der Waals surface area (Å²) in [5.41, 5.74) is 3.77. The number of imidazole rings is 1. The van der Waals surface area contributed by atoms with Crippen LogP contribution < -0.4 is 5.32 Å². The highest BCUT2D eigenvalue weighted by Gasteiger charge is 2.43. The number of hydrogen-bond donors (Lipinski definition) is 2. The summed E-state index contributed by atoms with van der Waals surface area (Å²) in [6.45, 7) is 3.91. The molecule has 1 fully saturated rings. The van der Waals surface area contributed by atoms with Crippen LogP contribution in [0.15, 0.2) is 36.8 Å². The van der Waals surface area contributed by atoms with E-state index in [4.69, 9.17) is 0 Å². The molecule has 0 spiro atoms.